The number of hydrogen-bond donors (Lipinski definition) is 2. The van der Waals surface area contributed by atoms with Crippen LogP contribution in [-0.4, -0.2) is 23.9 Å². The molecule has 3 aromatic rings. The summed E-state index contributed by atoms with van der Waals surface area (Å²) in [4.78, 5) is 0.0516. The predicted molar refractivity (Wildman–Crippen MR) is 122 cm³/mol. The number of nitrogens with one attached hydrogen (secondary N) is 2. The Morgan fingerprint density at radius 1 is 0.806 bits per heavy atom. The minimum atomic E-state index is -3.88. The van der Waals surface area contributed by atoms with Gasteiger partial charge in [0.2, 0.25) is 0 Å². The van der Waals surface area contributed by atoms with Gasteiger partial charge in [0.1, 0.15) is 5.75 Å². The number of anilines is 2. The van der Waals surface area contributed by atoms with Crippen molar-refractivity contribution in [1.82, 2.24) is 0 Å². The summed E-state index contributed by atoms with van der Waals surface area (Å²) >= 11 is 6.04. The summed E-state index contributed by atoms with van der Waals surface area (Å²) < 4.78 is 60.7. The van der Waals surface area contributed by atoms with Gasteiger partial charge in [-0.3, -0.25) is 9.44 Å². The van der Waals surface area contributed by atoms with Gasteiger partial charge >= 0.3 is 0 Å². The lowest BCUT2D eigenvalue weighted by molar-refractivity contribution is 0.411. The molecular formula is C21H21ClN2O5S2. The third-order valence-electron chi connectivity index (χ3n) is 4.61. The van der Waals surface area contributed by atoms with Gasteiger partial charge in [0.05, 0.1) is 22.6 Å². The third kappa shape index (κ3) is 5.12. The number of sulfonamides is 2. The molecule has 0 radical (unpaired) electrons. The maximum atomic E-state index is 12.7. The van der Waals surface area contributed by atoms with Gasteiger partial charge in [0, 0.05) is 10.7 Å². The van der Waals surface area contributed by atoms with Gasteiger partial charge in [0.25, 0.3) is 20.0 Å². The van der Waals surface area contributed by atoms with E-state index in [2.05, 4.69) is 9.44 Å². The first-order chi connectivity index (χ1) is 14.5. The molecule has 0 aliphatic carbocycles. The number of methoxy groups -OCH3 is 1. The highest BCUT2D eigenvalue weighted by Gasteiger charge is 2.18. The fraction of sp³-hybridized carbons (Fsp3) is 0.143. The van der Waals surface area contributed by atoms with E-state index < -0.39 is 20.0 Å². The smallest absolute Gasteiger partial charge is 0.261 e. The minimum absolute atomic E-state index is 0.0184. The molecule has 0 unspecified atom stereocenters. The number of ether oxygens (including phenoxy) is 1. The van der Waals surface area contributed by atoms with Crippen LogP contribution in [-0.2, 0) is 20.0 Å². The van der Waals surface area contributed by atoms with Gasteiger partial charge in [0.15, 0.2) is 0 Å². The fourth-order valence-corrected chi connectivity index (χ4v) is 5.30. The normalized spacial score (nSPS) is 11.7. The van der Waals surface area contributed by atoms with E-state index in [4.69, 9.17) is 16.3 Å². The van der Waals surface area contributed by atoms with E-state index in [1.165, 1.54) is 43.5 Å². The third-order valence-corrected chi connectivity index (χ3v) is 7.78. The Balaban J connectivity index is 1.81. The van der Waals surface area contributed by atoms with Crippen molar-refractivity contribution in [3.8, 4) is 5.75 Å². The van der Waals surface area contributed by atoms with Gasteiger partial charge in [-0.25, -0.2) is 16.8 Å². The lowest BCUT2D eigenvalue weighted by Crippen LogP contribution is -2.15. The standard InChI is InChI=1S/C21H21ClN2O5S2/c1-14-13-18(11-12-21(14)29-3)31(27,28)23-16-7-9-17(10-8-16)30(25,26)24-20-6-4-5-19(22)15(20)2/h4-13,23-24H,1-3H3. The Kier molecular flexibility index (Phi) is 6.49. The Morgan fingerprint density at radius 3 is 2.03 bits per heavy atom. The van der Waals surface area contributed by atoms with Gasteiger partial charge in [-0.15, -0.1) is 0 Å². The van der Waals surface area contributed by atoms with Crippen molar-refractivity contribution in [1.29, 1.82) is 0 Å². The summed E-state index contributed by atoms with van der Waals surface area (Å²) in [6, 6.07) is 14.8. The summed E-state index contributed by atoms with van der Waals surface area (Å²) in [6.07, 6.45) is 0. The molecule has 0 aliphatic rings. The van der Waals surface area contributed by atoms with Crippen LogP contribution in [0.5, 0.6) is 5.75 Å². The van der Waals surface area contributed by atoms with Gasteiger partial charge < -0.3 is 4.74 Å². The van der Waals surface area contributed by atoms with Crippen molar-refractivity contribution in [3.63, 3.8) is 0 Å². The second-order valence-electron chi connectivity index (χ2n) is 6.78. The maximum absolute atomic E-state index is 12.7. The van der Waals surface area contributed by atoms with E-state index in [1.54, 1.807) is 38.1 Å². The van der Waals surface area contributed by atoms with E-state index in [1.807, 2.05) is 0 Å². The fourth-order valence-electron chi connectivity index (χ4n) is 2.86. The molecule has 31 heavy (non-hydrogen) atoms. The lowest BCUT2D eigenvalue weighted by Gasteiger charge is -2.13. The molecular weight excluding hydrogens is 460 g/mol. The molecule has 3 rings (SSSR count). The van der Waals surface area contributed by atoms with Crippen LogP contribution in [0.1, 0.15) is 11.1 Å². The Bertz CT molecular complexity index is 1320. The highest BCUT2D eigenvalue weighted by atomic mass is 35.5. The van der Waals surface area contributed by atoms with E-state index in [-0.39, 0.29) is 15.5 Å². The molecule has 0 spiro atoms. The van der Waals surface area contributed by atoms with Crippen molar-refractivity contribution in [2.45, 2.75) is 23.6 Å². The van der Waals surface area contributed by atoms with Crippen molar-refractivity contribution in [2.75, 3.05) is 16.6 Å². The van der Waals surface area contributed by atoms with Crippen molar-refractivity contribution in [3.05, 3.63) is 76.8 Å². The Hall–Kier alpha value is -2.75. The zero-order valence-corrected chi connectivity index (χ0v) is 19.4. The monoisotopic (exact) mass is 480 g/mol. The van der Waals surface area contributed by atoms with Crippen LogP contribution in [0.15, 0.2) is 70.5 Å². The molecule has 0 bridgehead atoms. The first-order valence-electron chi connectivity index (χ1n) is 9.09. The molecule has 0 atom stereocenters. The first kappa shape index (κ1) is 22.9. The SMILES string of the molecule is COc1ccc(S(=O)(=O)Nc2ccc(S(=O)(=O)Nc3cccc(Cl)c3C)cc2)cc1C. The number of benzene rings is 3. The largest absolute Gasteiger partial charge is 0.496 e. The van der Waals surface area contributed by atoms with E-state index in [0.717, 1.165) is 0 Å². The molecule has 0 heterocycles. The van der Waals surface area contributed by atoms with Crippen molar-refractivity contribution >= 4 is 43.0 Å². The summed E-state index contributed by atoms with van der Waals surface area (Å²) in [6.45, 7) is 3.45. The van der Waals surface area contributed by atoms with E-state index in [9.17, 15) is 16.8 Å². The number of aryl methyl sites for hydroxylation is 1. The molecule has 0 fully saturated rings. The highest BCUT2D eigenvalue weighted by molar-refractivity contribution is 7.93. The summed E-state index contributed by atoms with van der Waals surface area (Å²) in [7, 11) is -6.22. The molecule has 0 saturated heterocycles. The summed E-state index contributed by atoms with van der Waals surface area (Å²) in [5.74, 6) is 0.580. The van der Waals surface area contributed by atoms with E-state index in [0.29, 0.717) is 27.6 Å². The molecule has 164 valence electrons. The number of rotatable bonds is 7. The van der Waals surface area contributed by atoms with Gasteiger partial charge in [-0.1, -0.05) is 17.7 Å². The highest BCUT2D eigenvalue weighted by Crippen LogP contribution is 2.27. The van der Waals surface area contributed by atoms with Crippen LogP contribution in [0.4, 0.5) is 11.4 Å². The topological polar surface area (TPSA) is 102 Å². The molecule has 0 aliphatic heterocycles. The average Bonchev–Trinajstić information content (AvgIpc) is 2.71. The molecule has 10 heteroatoms. The van der Waals surface area contributed by atoms with Gasteiger partial charge in [-0.05, 0) is 79.6 Å². The van der Waals surface area contributed by atoms with Crippen LogP contribution >= 0.6 is 11.6 Å². The van der Waals surface area contributed by atoms with Crippen molar-refractivity contribution < 1.29 is 21.6 Å². The van der Waals surface area contributed by atoms with Gasteiger partial charge in [-0.2, -0.15) is 0 Å². The lowest BCUT2D eigenvalue weighted by atomic mass is 10.2. The van der Waals surface area contributed by atoms with Crippen molar-refractivity contribution in [2.24, 2.45) is 0 Å². The molecule has 7 nitrogen and oxygen atoms in total. The molecule has 2 N–H and O–H groups in total. The molecule has 3 aromatic carbocycles. The second kappa shape index (κ2) is 8.78. The van der Waals surface area contributed by atoms with Crippen LogP contribution in [0.3, 0.4) is 0 Å². The molecule has 0 aromatic heterocycles. The molecule has 0 saturated carbocycles. The maximum Gasteiger partial charge on any atom is 0.261 e. The quantitative estimate of drug-likeness (QED) is 0.516. The molecule has 0 amide bonds. The number of halogens is 1. The average molecular weight is 481 g/mol. The predicted octanol–water partition coefficient (Wildman–Crippen LogP) is 4.57. The Morgan fingerprint density at radius 2 is 1.42 bits per heavy atom. The Labute approximate surface area is 187 Å². The van der Waals surface area contributed by atoms with Crippen LogP contribution in [0, 0.1) is 13.8 Å². The van der Waals surface area contributed by atoms with E-state index >= 15 is 0 Å². The summed E-state index contributed by atoms with van der Waals surface area (Å²) in [5, 5.41) is 0.443. The van der Waals surface area contributed by atoms with Crippen LogP contribution in [0.25, 0.3) is 0 Å². The second-order valence-corrected chi connectivity index (χ2v) is 10.6. The minimum Gasteiger partial charge on any atom is -0.496 e. The van der Waals surface area contributed by atoms with Crippen LogP contribution in [0.2, 0.25) is 5.02 Å². The zero-order chi connectivity index (χ0) is 22.8. The summed E-state index contributed by atoms with van der Waals surface area (Å²) in [5.41, 5.74) is 1.87. The zero-order valence-electron chi connectivity index (χ0n) is 17.0. The van der Waals surface area contributed by atoms with Crippen LogP contribution < -0.4 is 14.2 Å². The first-order valence-corrected chi connectivity index (χ1v) is 12.4. The number of hydrogen-bond acceptors (Lipinski definition) is 5.